The van der Waals surface area contributed by atoms with E-state index >= 15 is 0 Å². The molecule has 9 heteroatoms. The van der Waals surface area contributed by atoms with Crippen LogP contribution in [0.4, 0.5) is 5.82 Å². The van der Waals surface area contributed by atoms with Gasteiger partial charge in [-0.25, -0.2) is 0 Å². The summed E-state index contributed by atoms with van der Waals surface area (Å²) in [5.74, 6) is 3.79. The van der Waals surface area contributed by atoms with Crippen LogP contribution in [0.3, 0.4) is 0 Å². The van der Waals surface area contributed by atoms with Gasteiger partial charge in [0.25, 0.3) is 0 Å². The zero-order valence-corrected chi connectivity index (χ0v) is 21.7. The molecule has 4 aromatic rings. The molecule has 2 aliphatic rings. The van der Waals surface area contributed by atoms with Crippen LogP contribution < -0.4 is 40.9 Å². The van der Waals surface area contributed by atoms with E-state index in [0.717, 1.165) is 69.2 Å². The standard InChI is InChI=1S/C27H28N3O5.ClH/c1-14(2)19-12-17-18(34-19)8-7-15(25(17)33-6)24-23-16-11-21(31-4)22(32-5)13-20(16)35-26(23)27-29(3)9-10-30(27)28-24;/h7-8,11,13,19H,1,9-10,12H2,2-6H3;1H/q+1;/p-1/t19-;/m1./s1. The maximum atomic E-state index is 6.47. The van der Waals surface area contributed by atoms with Gasteiger partial charge in [0, 0.05) is 29.0 Å². The van der Waals surface area contributed by atoms with Crippen LogP contribution >= 0.6 is 0 Å². The molecule has 36 heavy (non-hydrogen) atoms. The molecule has 0 saturated carbocycles. The molecule has 2 aromatic carbocycles. The Morgan fingerprint density at radius 1 is 1.14 bits per heavy atom. The maximum absolute atomic E-state index is 6.47. The predicted octanol–water partition coefficient (Wildman–Crippen LogP) is 1.29. The van der Waals surface area contributed by atoms with Crippen molar-refractivity contribution in [3.8, 4) is 34.3 Å². The van der Waals surface area contributed by atoms with Gasteiger partial charge in [0.1, 0.15) is 35.4 Å². The van der Waals surface area contributed by atoms with E-state index in [2.05, 4.69) is 18.5 Å². The summed E-state index contributed by atoms with van der Waals surface area (Å²) in [5.41, 5.74) is 5.19. The van der Waals surface area contributed by atoms with Gasteiger partial charge < -0.3 is 35.8 Å². The number of furan rings is 1. The first-order valence-electron chi connectivity index (χ1n) is 11.6. The first kappa shape index (κ1) is 24.1. The van der Waals surface area contributed by atoms with Gasteiger partial charge >= 0.3 is 5.82 Å². The topological polar surface area (TPSA) is 70.1 Å². The van der Waals surface area contributed by atoms with Crippen molar-refractivity contribution in [2.24, 2.45) is 0 Å². The highest BCUT2D eigenvalue weighted by atomic mass is 35.5. The van der Waals surface area contributed by atoms with Crippen LogP contribution in [-0.4, -0.2) is 46.1 Å². The second-order valence-electron chi connectivity index (χ2n) is 9.11. The lowest BCUT2D eigenvalue weighted by molar-refractivity contribution is -0.727. The SMILES string of the molecule is C=C(C)[C@H]1Cc2c(ccc(-c3n[n+]4c(c5oc6cc(OC)c(OC)cc6c35)N(C)CC4)c2OC)O1.[Cl-]. The van der Waals surface area contributed by atoms with Gasteiger partial charge in [-0.15, -0.1) is 4.68 Å². The number of hydrogen-bond acceptors (Lipinski definition) is 7. The number of benzene rings is 2. The van der Waals surface area contributed by atoms with E-state index in [0.29, 0.717) is 23.5 Å². The van der Waals surface area contributed by atoms with Crippen LogP contribution in [0.2, 0.25) is 0 Å². The number of methoxy groups -OCH3 is 3. The highest BCUT2D eigenvalue weighted by Gasteiger charge is 2.36. The molecule has 0 N–H and O–H groups in total. The number of hydrogen-bond donors (Lipinski definition) is 0. The lowest BCUT2D eigenvalue weighted by Crippen LogP contribution is -3.00. The number of ether oxygens (including phenoxy) is 4. The third-order valence-electron chi connectivity index (χ3n) is 6.99. The molecule has 4 heterocycles. The lowest BCUT2D eigenvalue weighted by Gasteiger charge is -2.13. The van der Waals surface area contributed by atoms with Crippen LogP contribution in [0.15, 0.2) is 40.8 Å². The molecule has 1 atom stereocenters. The van der Waals surface area contributed by atoms with Gasteiger partial charge in [-0.3, -0.25) is 4.90 Å². The summed E-state index contributed by atoms with van der Waals surface area (Å²) in [4.78, 5) is 2.17. The van der Waals surface area contributed by atoms with Gasteiger partial charge in [-0.1, -0.05) is 11.7 Å². The minimum absolute atomic E-state index is 0. The molecule has 6 rings (SSSR count). The third kappa shape index (κ3) is 3.35. The van der Waals surface area contributed by atoms with Crippen molar-refractivity contribution in [3.63, 3.8) is 0 Å². The van der Waals surface area contributed by atoms with Gasteiger partial charge in [0.05, 0.1) is 33.8 Å². The van der Waals surface area contributed by atoms with Crippen molar-refractivity contribution in [1.29, 1.82) is 0 Å². The Morgan fingerprint density at radius 3 is 2.58 bits per heavy atom. The molecule has 0 spiro atoms. The number of likely N-dealkylation sites (N-methyl/N-ethyl adjacent to an activating group) is 1. The molecule has 2 aliphatic heterocycles. The number of halogens is 1. The molecule has 0 fully saturated rings. The minimum atomic E-state index is -0.0587. The lowest BCUT2D eigenvalue weighted by atomic mass is 9.98. The fraction of sp³-hybridized carbons (Fsp3) is 0.333. The molecule has 0 bridgehead atoms. The minimum Gasteiger partial charge on any atom is -1.00 e. The summed E-state index contributed by atoms with van der Waals surface area (Å²) in [6, 6.07) is 7.84. The Labute approximate surface area is 215 Å². The first-order valence-corrected chi connectivity index (χ1v) is 11.6. The Hall–Kier alpha value is -3.65. The Bertz CT molecular complexity index is 1530. The fourth-order valence-electron chi connectivity index (χ4n) is 5.20. The summed E-state index contributed by atoms with van der Waals surface area (Å²) in [5, 5.41) is 6.93. The number of anilines is 1. The average Bonchev–Trinajstić information content (AvgIpc) is 3.56. The molecule has 8 nitrogen and oxygen atoms in total. The van der Waals surface area contributed by atoms with Crippen molar-refractivity contribution >= 4 is 27.8 Å². The van der Waals surface area contributed by atoms with Gasteiger partial charge in [-0.05, 0) is 30.7 Å². The van der Waals surface area contributed by atoms with E-state index < -0.39 is 0 Å². The molecule has 188 valence electrons. The Balaban J connectivity index is 0.00000267. The zero-order chi connectivity index (χ0) is 24.4. The third-order valence-corrected chi connectivity index (χ3v) is 6.99. The van der Waals surface area contributed by atoms with Crippen molar-refractivity contribution < 1.29 is 40.5 Å². The maximum Gasteiger partial charge on any atom is 0.341 e. The zero-order valence-electron chi connectivity index (χ0n) is 21.0. The van der Waals surface area contributed by atoms with Gasteiger partial charge in [0.2, 0.25) is 5.58 Å². The fourth-order valence-corrected chi connectivity index (χ4v) is 5.20. The molecular weight excluding hydrogens is 482 g/mol. The van der Waals surface area contributed by atoms with Crippen LogP contribution in [0.1, 0.15) is 12.5 Å². The van der Waals surface area contributed by atoms with E-state index in [1.54, 1.807) is 21.3 Å². The summed E-state index contributed by atoms with van der Waals surface area (Å²) >= 11 is 0. The number of fused-ring (bicyclic) bond motifs is 6. The molecule has 0 radical (unpaired) electrons. The summed E-state index contributed by atoms with van der Waals surface area (Å²) in [6.07, 6.45) is 0.652. The second-order valence-corrected chi connectivity index (χ2v) is 9.11. The number of rotatable bonds is 5. The van der Waals surface area contributed by atoms with Crippen molar-refractivity contribution in [1.82, 2.24) is 5.10 Å². The number of aromatic nitrogens is 2. The molecule has 0 amide bonds. The summed E-state index contributed by atoms with van der Waals surface area (Å²) in [6.45, 7) is 7.69. The molecule has 0 aliphatic carbocycles. The first-order chi connectivity index (χ1) is 16.9. The van der Waals surface area contributed by atoms with Crippen LogP contribution in [-0.2, 0) is 13.0 Å². The van der Waals surface area contributed by atoms with Gasteiger partial charge in [0.15, 0.2) is 18.0 Å². The smallest absolute Gasteiger partial charge is 0.341 e. The van der Waals surface area contributed by atoms with E-state index in [4.69, 9.17) is 28.5 Å². The summed E-state index contributed by atoms with van der Waals surface area (Å²) in [7, 11) is 7.00. The van der Waals surface area contributed by atoms with Crippen molar-refractivity contribution in [3.05, 3.63) is 42.0 Å². The summed E-state index contributed by atoms with van der Waals surface area (Å²) < 4.78 is 31.7. The average molecular weight is 510 g/mol. The van der Waals surface area contributed by atoms with Crippen molar-refractivity contribution in [2.45, 2.75) is 26.0 Å². The largest absolute Gasteiger partial charge is 1.00 e. The molecule has 0 unspecified atom stereocenters. The Kier molecular flexibility index (Phi) is 5.87. The van der Waals surface area contributed by atoms with E-state index in [-0.39, 0.29) is 18.5 Å². The second kappa shape index (κ2) is 8.78. The molecular formula is C27H28ClN3O5. The van der Waals surface area contributed by atoms with E-state index in [9.17, 15) is 0 Å². The number of nitrogens with zero attached hydrogens (tertiary/aromatic N) is 3. The van der Waals surface area contributed by atoms with Crippen molar-refractivity contribution in [2.75, 3.05) is 39.8 Å². The monoisotopic (exact) mass is 509 g/mol. The van der Waals surface area contributed by atoms with E-state index in [1.807, 2.05) is 35.9 Å². The normalized spacial score (nSPS) is 15.9. The Morgan fingerprint density at radius 2 is 1.89 bits per heavy atom. The van der Waals surface area contributed by atoms with Crippen LogP contribution in [0, 0.1) is 0 Å². The highest BCUT2D eigenvalue weighted by molar-refractivity contribution is 6.14. The molecule has 0 saturated heterocycles. The van der Waals surface area contributed by atoms with Crippen LogP contribution in [0.5, 0.6) is 23.0 Å². The molecule has 2 aromatic heterocycles. The van der Waals surface area contributed by atoms with Crippen LogP contribution in [0.25, 0.3) is 33.2 Å². The quantitative estimate of drug-likeness (QED) is 0.297. The predicted molar refractivity (Wildman–Crippen MR) is 133 cm³/mol. The van der Waals surface area contributed by atoms with E-state index in [1.165, 1.54) is 0 Å². The highest BCUT2D eigenvalue weighted by Crippen LogP contribution is 2.48. The van der Waals surface area contributed by atoms with Gasteiger partial charge in [-0.2, -0.15) is 0 Å².